The molecule has 6 heteroatoms. The molecule has 6 nitrogen and oxygen atoms in total. The van der Waals surface area contributed by atoms with E-state index in [1.54, 1.807) is 42.2 Å². The van der Waals surface area contributed by atoms with Gasteiger partial charge in [-0.05, 0) is 42.8 Å². The van der Waals surface area contributed by atoms with Crippen molar-refractivity contribution in [1.29, 1.82) is 0 Å². The van der Waals surface area contributed by atoms with Crippen LogP contribution in [0.5, 0.6) is 5.75 Å². The molecule has 2 aromatic carbocycles. The molecule has 1 N–H and O–H groups in total. The number of hydrogen-bond donors (Lipinski definition) is 1. The minimum Gasteiger partial charge on any atom is -0.497 e. The van der Waals surface area contributed by atoms with Gasteiger partial charge < -0.3 is 15.0 Å². The molecule has 1 heterocycles. The van der Waals surface area contributed by atoms with Gasteiger partial charge in [-0.15, -0.1) is 0 Å². The summed E-state index contributed by atoms with van der Waals surface area (Å²) in [6, 6.07) is 14.7. The number of amides is 3. The Balaban J connectivity index is 1.78. The molecule has 0 spiro atoms. The lowest BCUT2D eigenvalue weighted by atomic mass is 10.1. The number of nitrogens with one attached hydrogen (secondary N) is 1. The molecule has 1 atom stereocenters. The molecular formula is C20H23N3O3. The summed E-state index contributed by atoms with van der Waals surface area (Å²) in [6.07, 6.45) is 0. The van der Waals surface area contributed by atoms with E-state index in [1.165, 1.54) is 0 Å². The van der Waals surface area contributed by atoms with Gasteiger partial charge in [-0.2, -0.15) is 0 Å². The van der Waals surface area contributed by atoms with Gasteiger partial charge in [0.05, 0.1) is 13.2 Å². The maximum absolute atomic E-state index is 12.9. The van der Waals surface area contributed by atoms with Gasteiger partial charge in [0.25, 0.3) is 5.91 Å². The van der Waals surface area contributed by atoms with E-state index in [-0.39, 0.29) is 18.0 Å². The van der Waals surface area contributed by atoms with E-state index in [9.17, 15) is 9.59 Å². The molecule has 1 saturated heterocycles. The zero-order valence-corrected chi connectivity index (χ0v) is 15.2. The second-order valence-corrected chi connectivity index (χ2v) is 6.30. The van der Waals surface area contributed by atoms with Crippen LogP contribution in [0.25, 0.3) is 0 Å². The number of ether oxygens (including phenoxy) is 1. The molecule has 1 aliphatic heterocycles. The van der Waals surface area contributed by atoms with E-state index >= 15 is 0 Å². The summed E-state index contributed by atoms with van der Waals surface area (Å²) >= 11 is 0. The largest absolute Gasteiger partial charge is 0.497 e. The van der Waals surface area contributed by atoms with Crippen LogP contribution in [-0.2, 0) is 0 Å². The summed E-state index contributed by atoms with van der Waals surface area (Å²) in [5.41, 5.74) is 2.32. The van der Waals surface area contributed by atoms with Gasteiger partial charge in [0, 0.05) is 31.4 Å². The second kappa shape index (κ2) is 7.47. The third-order valence-electron chi connectivity index (χ3n) is 4.76. The first-order chi connectivity index (χ1) is 12.5. The molecule has 26 heavy (non-hydrogen) atoms. The fourth-order valence-corrected chi connectivity index (χ4v) is 3.01. The second-order valence-electron chi connectivity index (χ2n) is 6.30. The molecule has 1 aliphatic rings. The van der Waals surface area contributed by atoms with Crippen LogP contribution in [0.1, 0.15) is 28.9 Å². The SMILES string of the molecule is COc1ccc(C(C)N(C)C(=O)c2cccc(N3CCNC3=O)c2)cc1. The number of hydrogen-bond acceptors (Lipinski definition) is 3. The molecule has 0 aliphatic carbocycles. The lowest BCUT2D eigenvalue weighted by Gasteiger charge is -2.26. The Morgan fingerprint density at radius 2 is 1.96 bits per heavy atom. The van der Waals surface area contributed by atoms with Gasteiger partial charge in [-0.3, -0.25) is 9.69 Å². The monoisotopic (exact) mass is 353 g/mol. The zero-order valence-electron chi connectivity index (χ0n) is 15.2. The van der Waals surface area contributed by atoms with E-state index in [0.29, 0.717) is 18.7 Å². The Bertz CT molecular complexity index is 804. The maximum atomic E-state index is 12.9. The molecule has 0 aromatic heterocycles. The number of urea groups is 1. The Kier molecular flexibility index (Phi) is 5.11. The number of carbonyl (C=O) groups excluding carboxylic acids is 2. The molecule has 1 unspecified atom stereocenters. The third kappa shape index (κ3) is 3.49. The van der Waals surface area contributed by atoms with Gasteiger partial charge in [0.2, 0.25) is 0 Å². The average molecular weight is 353 g/mol. The molecule has 1 fully saturated rings. The lowest BCUT2D eigenvalue weighted by Crippen LogP contribution is -2.30. The topological polar surface area (TPSA) is 61.9 Å². The summed E-state index contributed by atoms with van der Waals surface area (Å²) < 4.78 is 5.18. The molecule has 0 bridgehead atoms. The summed E-state index contributed by atoms with van der Waals surface area (Å²) in [4.78, 5) is 28.1. The lowest BCUT2D eigenvalue weighted by molar-refractivity contribution is 0.0742. The molecule has 136 valence electrons. The van der Waals surface area contributed by atoms with Crippen LogP contribution in [0.2, 0.25) is 0 Å². The number of rotatable bonds is 5. The molecule has 0 radical (unpaired) electrons. The number of carbonyl (C=O) groups is 2. The molecular weight excluding hydrogens is 330 g/mol. The fourth-order valence-electron chi connectivity index (χ4n) is 3.01. The van der Waals surface area contributed by atoms with Crippen molar-refractivity contribution in [2.24, 2.45) is 0 Å². The first-order valence-corrected chi connectivity index (χ1v) is 8.58. The van der Waals surface area contributed by atoms with Gasteiger partial charge in [-0.1, -0.05) is 18.2 Å². The Labute approximate surface area is 153 Å². The van der Waals surface area contributed by atoms with Crippen molar-refractivity contribution in [2.75, 3.05) is 32.1 Å². The zero-order chi connectivity index (χ0) is 18.7. The summed E-state index contributed by atoms with van der Waals surface area (Å²) in [5.74, 6) is 0.696. The van der Waals surface area contributed by atoms with Crippen LogP contribution in [-0.4, -0.2) is 44.1 Å². The van der Waals surface area contributed by atoms with Crippen LogP contribution >= 0.6 is 0 Å². The Morgan fingerprint density at radius 1 is 1.23 bits per heavy atom. The molecule has 3 amide bonds. The van der Waals surface area contributed by atoms with Gasteiger partial charge >= 0.3 is 6.03 Å². The standard InChI is InChI=1S/C20H23N3O3/c1-14(15-7-9-18(26-3)10-8-15)22(2)19(24)16-5-4-6-17(13-16)23-12-11-21-20(23)25/h4-10,13-14H,11-12H2,1-3H3,(H,21,25). The maximum Gasteiger partial charge on any atom is 0.321 e. The fraction of sp³-hybridized carbons (Fsp3) is 0.300. The molecule has 3 rings (SSSR count). The van der Waals surface area contributed by atoms with Crippen LogP contribution in [0, 0.1) is 0 Å². The van der Waals surface area contributed by atoms with Crippen molar-refractivity contribution in [1.82, 2.24) is 10.2 Å². The average Bonchev–Trinajstić information content (AvgIpc) is 3.12. The number of benzene rings is 2. The highest BCUT2D eigenvalue weighted by Gasteiger charge is 2.23. The van der Waals surface area contributed by atoms with Crippen molar-refractivity contribution in [3.8, 4) is 5.75 Å². The normalized spacial score (nSPS) is 14.7. The van der Waals surface area contributed by atoms with E-state index in [1.807, 2.05) is 37.3 Å². The predicted molar refractivity (Wildman–Crippen MR) is 101 cm³/mol. The van der Waals surface area contributed by atoms with Crippen molar-refractivity contribution in [3.05, 3.63) is 59.7 Å². The first kappa shape index (κ1) is 17.8. The summed E-state index contributed by atoms with van der Waals surface area (Å²) in [6.45, 7) is 3.21. The van der Waals surface area contributed by atoms with E-state index in [0.717, 1.165) is 17.0 Å². The van der Waals surface area contributed by atoms with Gasteiger partial charge in [-0.25, -0.2) is 4.79 Å². The quantitative estimate of drug-likeness (QED) is 0.899. The van der Waals surface area contributed by atoms with Crippen LogP contribution in [0.4, 0.5) is 10.5 Å². The third-order valence-corrected chi connectivity index (χ3v) is 4.76. The van der Waals surface area contributed by atoms with Crippen molar-refractivity contribution < 1.29 is 14.3 Å². The minimum atomic E-state index is -0.130. The van der Waals surface area contributed by atoms with Crippen molar-refractivity contribution >= 4 is 17.6 Å². The van der Waals surface area contributed by atoms with Crippen LogP contribution < -0.4 is 15.0 Å². The molecule has 2 aromatic rings. The van der Waals surface area contributed by atoms with Gasteiger partial charge in [0.1, 0.15) is 5.75 Å². The predicted octanol–water partition coefficient (Wildman–Crippen LogP) is 3.06. The van der Waals surface area contributed by atoms with Crippen molar-refractivity contribution in [3.63, 3.8) is 0 Å². The smallest absolute Gasteiger partial charge is 0.321 e. The molecule has 0 saturated carbocycles. The first-order valence-electron chi connectivity index (χ1n) is 8.58. The number of methoxy groups -OCH3 is 1. The highest BCUT2D eigenvalue weighted by molar-refractivity contribution is 5.98. The number of anilines is 1. The Hall–Kier alpha value is -3.02. The van der Waals surface area contributed by atoms with Crippen LogP contribution in [0.15, 0.2) is 48.5 Å². The van der Waals surface area contributed by atoms with E-state index in [2.05, 4.69) is 5.32 Å². The Morgan fingerprint density at radius 3 is 2.58 bits per heavy atom. The van der Waals surface area contributed by atoms with Gasteiger partial charge in [0.15, 0.2) is 0 Å². The highest BCUT2D eigenvalue weighted by Crippen LogP contribution is 2.25. The van der Waals surface area contributed by atoms with E-state index in [4.69, 9.17) is 4.74 Å². The summed E-state index contributed by atoms with van der Waals surface area (Å²) in [7, 11) is 3.41. The summed E-state index contributed by atoms with van der Waals surface area (Å²) in [5, 5.41) is 2.77. The number of nitrogens with zero attached hydrogens (tertiary/aromatic N) is 2. The highest BCUT2D eigenvalue weighted by atomic mass is 16.5. The minimum absolute atomic E-state index is 0.0882. The van der Waals surface area contributed by atoms with E-state index < -0.39 is 0 Å². The van der Waals surface area contributed by atoms with Crippen molar-refractivity contribution in [2.45, 2.75) is 13.0 Å². The van der Waals surface area contributed by atoms with Crippen LogP contribution in [0.3, 0.4) is 0 Å².